The molecule has 1 aliphatic rings. The van der Waals surface area contributed by atoms with E-state index in [0.717, 1.165) is 17.8 Å². The van der Waals surface area contributed by atoms with Crippen LogP contribution in [0.2, 0.25) is 0 Å². The minimum Gasteiger partial charge on any atom is -0.424 e. The van der Waals surface area contributed by atoms with Crippen LogP contribution in [0.3, 0.4) is 0 Å². The molecule has 2 aromatic carbocycles. The van der Waals surface area contributed by atoms with Crippen molar-refractivity contribution in [1.82, 2.24) is 4.90 Å². The minimum atomic E-state index is -4.60. The van der Waals surface area contributed by atoms with Gasteiger partial charge in [-0.05, 0) is 31.2 Å². The van der Waals surface area contributed by atoms with E-state index in [-0.39, 0.29) is 35.3 Å². The molecule has 1 aliphatic heterocycles. The van der Waals surface area contributed by atoms with Gasteiger partial charge in [-0.2, -0.15) is 13.2 Å². The number of hydrogen-bond donors (Lipinski definition) is 1. The molecular weight excluding hydrogens is 459 g/mol. The summed E-state index contributed by atoms with van der Waals surface area (Å²) in [5, 5.41) is 1.84. The molecule has 0 spiro atoms. The fourth-order valence-corrected chi connectivity index (χ4v) is 4.33. The molecule has 174 valence electrons. The molecule has 0 radical (unpaired) electrons. The number of rotatable bonds is 6. The molecule has 2 amide bonds. The second-order valence-corrected chi connectivity index (χ2v) is 8.11. The normalized spacial score (nSPS) is 17.4. The Morgan fingerprint density at radius 2 is 1.82 bits per heavy atom. The van der Waals surface area contributed by atoms with Crippen molar-refractivity contribution >= 4 is 46.1 Å². The van der Waals surface area contributed by atoms with E-state index in [1.165, 1.54) is 36.1 Å². The van der Waals surface area contributed by atoms with Gasteiger partial charge in [0.25, 0.3) is 0 Å². The number of ether oxygens (including phenoxy) is 1. The molecule has 3 rings (SSSR count). The van der Waals surface area contributed by atoms with Gasteiger partial charge in [-0.3, -0.25) is 19.3 Å². The molecule has 1 atom stereocenters. The van der Waals surface area contributed by atoms with E-state index >= 15 is 0 Å². The van der Waals surface area contributed by atoms with Crippen LogP contribution in [-0.4, -0.2) is 39.6 Å². The van der Waals surface area contributed by atoms with Crippen LogP contribution in [0.25, 0.3) is 0 Å². The number of amides is 2. The summed E-state index contributed by atoms with van der Waals surface area (Å²) in [5.74, 6) is -1.34. The number of alkyl halides is 3. The zero-order valence-corrected chi connectivity index (χ0v) is 18.5. The van der Waals surface area contributed by atoms with Gasteiger partial charge < -0.3 is 10.1 Å². The molecular formula is C22H20F3N3O4S. The maximum atomic E-state index is 13.3. The van der Waals surface area contributed by atoms with Crippen molar-refractivity contribution in [2.45, 2.75) is 31.7 Å². The fourth-order valence-electron chi connectivity index (χ4n) is 3.11. The summed E-state index contributed by atoms with van der Waals surface area (Å²) in [6, 6.07) is 11.1. The SMILES string of the molecule is CCN1C(=O)[C@H](CC(=O)Nc2ccccc2OC(C)=O)SC1=Nc1ccccc1C(F)(F)F. The summed E-state index contributed by atoms with van der Waals surface area (Å²) in [6.45, 7) is 3.08. The van der Waals surface area contributed by atoms with Crippen molar-refractivity contribution < 1.29 is 32.3 Å². The first-order valence-corrected chi connectivity index (χ1v) is 10.8. The van der Waals surface area contributed by atoms with Crippen molar-refractivity contribution in [3.05, 3.63) is 54.1 Å². The van der Waals surface area contributed by atoms with E-state index in [1.807, 2.05) is 0 Å². The highest BCUT2D eigenvalue weighted by atomic mass is 32.2. The summed E-state index contributed by atoms with van der Waals surface area (Å²) in [4.78, 5) is 41.9. The Labute approximate surface area is 192 Å². The Morgan fingerprint density at radius 3 is 2.48 bits per heavy atom. The minimum absolute atomic E-state index is 0.0947. The van der Waals surface area contributed by atoms with E-state index in [9.17, 15) is 27.6 Å². The molecule has 0 saturated carbocycles. The molecule has 0 aromatic heterocycles. The van der Waals surface area contributed by atoms with Crippen LogP contribution in [0.5, 0.6) is 5.75 Å². The number of para-hydroxylation sites is 3. The summed E-state index contributed by atoms with van der Waals surface area (Å²) in [6.07, 6.45) is -4.84. The van der Waals surface area contributed by atoms with E-state index in [2.05, 4.69) is 10.3 Å². The highest BCUT2D eigenvalue weighted by Gasteiger charge is 2.39. The second kappa shape index (κ2) is 10.1. The summed E-state index contributed by atoms with van der Waals surface area (Å²) in [5.41, 5.74) is -0.961. The molecule has 1 heterocycles. The monoisotopic (exact) mass is 479 g/mol. The number of carbonyl (C=O) groups is 3. The number of nitrogens with zero attached hydrogens (tertiary/aromatic N) is 2. The Hall–Kier alpha value is -3.34. The highest BCUT2D eigenvalue weighted by Crippen LogP contribution is 2.38. The first-order chi connectivity index (χ1) is 15.6. The van der Waals surface area contributed by atoms with E-state index in [0.29, 0.717) is 0 Å². The standard InChI is InChI=1S/C22H20F3N3O4S/c1-3-28-20(31)18(12-19(30)26-16-10-6-7-11-17(16)32-13(2)29)33-21(28)27-15-9-5-4-8-14(15)22(23,24)25/h4-11,18H,3,12H2,1-2H3,(H,26,30)/t18-/m0/s1. The van der Waals surface area contributed by atoms with Crippen LogP contribution in [0.1, 0.15) is 25.8 Å². The zero-order chi connectivity index (χ0) is 24.2. The molecule has 0 aliphatic carbocycles. The van der Waals surface area contributed by atoms with Gasteiger partial charge >= 0.3 is 12.1 Å². The van der Waals surface area contributed by atoms with Crippen molar-refractivity contribution in [1.29, 1.82) is 0 Å². The Balaban J connectivity index is 1.78. The Morgan fingerprint density at radius 1 is 1.15 bits per heavy atom. The molecule has 1 N–H and O–H groups in total. The third-order valence-corrected chi connectivity index (χ3v) is 5.72. The lowest BCUT2D eigenvalue weighted by Crippen LogP contribution is -2.33. The third-order valence-electron chi connectivity index (χ3n) is 4.55. The number of amidine groups is 1. The average molecular weight is 479 g/mol. The van der Waals surface area contributed by atoms with Crippen molar-refractivity contribution in [3.8, 4) is 5.75 Å². The molecule has 7 nitrogen and oxygen atoms in total. The van der Waals surface area contributed by atoms with E-state index < -0.39 is 34.8 Å². The number of carbonyl (C=O) groups excluding carboxylic acids is 3. The lowest BCUT2D eigenvalue weighted by molar-refractivity contribution is -0.137. The van der Waals surface area contributed by atoms with Gasteiger partial charge in [0.05, 0.1) is 16.9 Å². The number of nitrogens with one attached hydrogen (secondary N) is 1. The molecule has 2 aromatic rings. The van der Waals surface area contributed by atoms with Gasteiger partial charge in [0.15, 0.2) is 10.9 Å². The quantitative estimate of drug-likeness (QED) is 0.483. The molecule has 11 heteroatoms. The molecule has 1 fully saturated rings. The van der Waals surface area contributed by atoms with Gasteiger partial charge in [0.1, 0.15) is 5.25 Å². The zero-order valence-electron chi connectivity index (χ0n) is 17.7. The predicted molar refractivity (Wildman–Crippen MR) is 118 cm³/mol. The molecule has 33 heavy (non-hydrogen) atoms. The Bertz CT molecular complexity index is 1100. The maximum Gasteiger partial charge on any atom is 0.418 e. The van der Waals surface area contributed by atoms with E-state index in [1.54, 1.807) is 25.1 Å². The topological polar surface area (TPSA) is 88.1 Å². The molecule has 1 saturated heterocycles. The first kappa shape index (κ1) is 24.3. The number of thioether (sulfide) groups is 1. The maximum absolute atomic E-state index is 13.3. The highest BCUT2D eigenvalue weighted by molar-refractivity contribution is 8.15. The number of benzene rings is 2. The van der Waals surface area contributed by atoms with Gasteiger partial charge in [-0.1, -0.05) is 36.0 Å². The Kier molecular flexibility index (Phi) is 7.42. The van der Waals surface area contributed by atoms with Crippen LogP contribution >= 0.6 is 11.8 Å². The first-order valence-electron chi connectivity index (χ1n) is 9.90. The number of halogens is 3. The van der Waals surface area contributed by atoms with Gasteiger partial charge in [0, 0.05) is 19.9 Å². The summed E-state index contributed by atoms with van der Waals surface area (Å²) < 4.78 is 45.0. The number of hydrogen-bond acceptors (Lipinski definition) is 6. The van der Waals surface area contributed by atoms with Crippen LogP contribution < -0.4 is 10.1 Å². The lowest BCUT2D eigenvalue weighted by Gasteiger charge is -2.15. The summed E-state index contributed by atoms with van der Waals surface area (Å²) in [7, 11) is 0. The number of aliphatic imine (C=N–C) groups is 1. The predicted octanol–water partition coefficient (Wildman–Crippen LogP) is 4.61. The van der Waals surface area contributed by atoms with Crippen LogP contribution in [0.15, 0.2) is 53.5 Å². The smallest absolute Gasteiger partial charge is 0.418 e. The average Bonchev–Trinajstić information content (AvgIpc) is 3.02. The largest absolute Gasteiger partial charge is 0.424 e. The van der Waals surface area contributed by atoms with Crippen LogP contribution in [0, 0.1) is 0 Å². The summed E-state index contributed by atoms with van der Waals surface area (Å²) >= 11 is 0.932. The van der Waals surface area contributed by atoms with E-state index in [4.69, 9.17) is 4.74 Å². The molecule has 0 bridgehead atoms. The second-order valence-electron chi connectivity index (χ2n) is 6.94. The van der Waals surface area contributed by atoms with Gasteiger partial charge in [0.2, 0.25) is 11.8 Å². The van der Waals surface area contributed by atoms with Crippen LogP contribution in [0.4, 0.5) is 24.5 Å². The number of anilines is 1. The fraction of sp³-hybridized carbons (Fsp3) is 0.273. The van der Waals surface area contributed by atoms with Crippen molar-refractivity contribution in [3.63, 3.8) is 0 Å². The lowest BCUT2D eigenvalue weighted by atomic mass is 10.2. The third kappa shape index (κ3) is 5.92. The van der Waals surface area contributed by atoms with Crippen LogP contribution in [-0.2, 0) is 20.6 Å². The molecule has 0 unspecified atom stereocenters. The number of esters is 1. The van der Waals surface area contributed by atoms with Gasteiger partial charge in [-0.15, -0.1) is 0 Å². The van der Waals surface area contributed by atoms with Gasteiger partial charge in [-0.25, -0.2) is 4.99 Å². The van der Waals surface area contributed by atoms with Crippen molar-refractivity contribution in [2.24, 2.45) is 4.99 Å². The van der Waals surface area contributed by atoms with Crippen molar-refractivity contribution in [2.75, 3.05) is 11.9 Å².